The van der Waals surface area contributed by atoms with Crippen LogP contribution in [0.3, 0.4) is 0 Å². The van der Waals surface area contributed by atoms with Crippen LogP contribution in [-0.2, 0) is 9.59 Å². The van der Waals surface area contributed by atoms with Crippen LogP contribution in [0.25, 0.3) is 10.8 Å². The maximum absolute atomic E-state index is 12.9. The quantitative estimate of drug-likeness (QED) is 0.915. The summed E-state index contributed by atoms with van der Waals surface area (Å²) in [5.41, 5.74) is 5.46. The predicted octanol–water partition coefficient (Wildman–Crippen LogP) is 1.93. The normalized spacial score (nSPS) is 21.3. The SMILES string of the molecule is NC(=O)[C@@H]1CCCN1C(=O)C1CCN(c2nccc3ccccc23)CC1. The molecule has 2 amide bonds. The summed E-state index contributed by atoms with van der Waals surface area (Å²) in [6, 6.07) is 9.85. The fraction of sp³-hybridized carbons (Fsp3) is 0.450. The maximum Gasteiger partial charge on any atom is 0.240 e. The van der Waals surface area contributed by atoms with Gasteiger partial charge in [0, 0.05) is 37.1 Å². The monoisotopic (exact) mass is 352 g/mol. The van der Waals surface area contributed by atoms with Gasteiger partial charge in [-0.3, -0.25) is 9.59 Å². The molecule has 26 heavy (non-hydrogen) atoms. The van der Waals surface area contributed by atoms with E-state index in [1.54, 1.807) is 4.90 Å². The van der Waals surface area contributed by atoms with E-state index in [1.807, 2.05) is 24.4 Å². The number of amides is 2. The Morgan fingerprint density at radius 3 is 2.58 bits per heavy atom. The van der Waals surface area contributed by atoms with Crippen LogP contribution in [0.15, 0.2) is 36.5 Å². The second kappa shape index (κ2) is 6.94. The van der Waals surface area contributed by atoms with Crippen molar-refractivity contribution < 1.29 is 9.59 Å². The number of anilines is 1. The number of hydrogen-bond acceptors (Lipinski definition) is 4. The molecule has 1 aromatic carbocycles. The van der Waals surface area contributed by atoms with Gasteiger partial charge in [-0.2, -0.15) is 0 Å². The van der Waals surface area contributed by atoms with Crippen molar-refractivity contribution in [3.63, 3.8) is 0 Å². The van der Waals surface area contributed by atoms with E-state index < -0.39 is 6.04 Å². The molecule has 4 rings (SSSR count). The molecule has 0 aliphatic carbocycles. The number of piperidine rings is 1. The van der Waals surface area contributed by atoms with Crippen molar-refractivity contribution in [2.75, 3.05) is 24.5 Å². The topological polar surface area (TPSA) is 79.5 Å². The molecule has 3 heterocycles. The second-order valence-corrected chi connectivity index (χ2v) is 7.21. The van der Waals surface area contributed by atoms with E-state index in [0.717, 1.165) is 43.6 Å². The Bertz CT molecular complexity index is 824. The Kier molecular flexibility index (Phi) is 4.49. The Morgan fingerprint density at radius 2 is 1.81 bits per heavy atom. The molecule has 2 aromatic rings. The first-order chi connectivity index (χ1) is 12.6. The standard InChI is InChI=1S/C20H24N4O2/c21-18(25)17-6-3-11-24(17)20(26)15-8-12-23(13-9-15)19-16-5-2-1-4-14(16)7-10-22-19/h1-2,4-5,7,10,15,17H,3,6,8-9,11-13H2,(H2,21,25)/t17-/m0/s1. The molecule has 0 spiro atoms. The number of carbonyl (C=O) groups is 2. The molecule has 6 heteroatoms. The Morgan fingerprint density at radius 1 is 1.04 bits per heavy atom. The van der Waals surface area contributed by atoms with Crippen molar-refractivity contribution >= 4 is 28.4 Å². The van der Waals surface area contributed by atoms with Crippen LogP contribution in [0.4, 0.5) is 5.82 Å². The lowest BCUT2D eigenvalue weighted by Gasteiger charge is -2.35. The molecule has 2 saturated heterocycles. The third-order valence-corrected chi connectivity index (χ3v) is 5.66. The summed E-state index contributed by atoms with van der Waals surface area (Å²) in [6.07, 6.45) is 4.96. The van der Waals surface area contributed by atoms with E-state index in [4.69, 9.17) is 5.73 Å². The molecule has 2 aliphatic rings. The van der Waals surface area contributed by atoms with E-state index in [2.05, 4.69) is 22.0 Å². The number of likely N-dealkylation sites (tertiary alicyclic amines) is 1. The van der Waals surface area contributed by atoms with Crippen LogP contribution in [-0.4, -0.2) is 47.4 Å². The number of carbonyl (C=O) groups excluding carboxylic acids is 2. The number of nitrogens with two attached hydrogens (primary N) is 1. The lowest BCUT2D eigenvalue weighted by atomic mass is 9.94. The lowest BCUT2D eigenvalue weighted by Crippen LogP contribution is -2.48. The van der Waals surface area contributed by atoms with Gasteiger partial charge in [-0.05, 0) is 37.1 Å². The van der Waals surface area contributed by atoms with Crippen molar-refractivity contribution in [3.8, 4) is 0 Å². The third-order valence-electron chi connectivity index (χ3n) is 5.66. The fourth-order valence-electron chi connectivity index (χ4n) is 4.25. The molecule has 6 nitrogen and oxygen atoms in total. The molecule has 1 atom stereocenters. The molecule has 2 fully saturated rings. The number of rotatable bonds is 3. The fourth-order valence-corrected chi connectivity index (χ4v) is 4.25. The largest absolute Gasteiger partial charge is 0.368 e. The molecule has 0 radical (unpaired) electrons. The Balaban J connectivity index is 1.45. The first kappa shape index (κ1) is 16.8. The minimum Gasteiger partial charge on any atom is -0.368 e. The zero-order chi connectivity index (χ0) is 18.1. The highest BCUT2D eigenvalue weighted by Crippen LogP contribution is 2.30. The van der Waals surface area contributed by atoms with Crippen LogP contribution in [0.2, 0.25) is 0 Å². The van der Waals surface area contributed by atoms with Gasteiger partial charge in [0.25, 0.3) is 0 Å². The van der Waals surface area contributed by atoms with Gasteiger partial charge >= 0.3 is 0 Å². The summed E-state index contributed by atoms with van der Waals surface area (Å²) in [7, 11) is 0. The zero-order valence-electron chi connectivity index (χ0n) is 14.8. The van der Waals surface area contributed by atoms with E-state index in [1.165, 1.54) is 5.39 Å². The first-order valence-electron chi connectivity index (χ1n) is 9.33. The van der Waals surface area contributed by atoms with Crippen LogP contribution in [0.1, 0.15) is 25.7 Å². The van der Waals surface area contributed by atoms with Crippen LogP contribution >= 0.6 is 0 Å². The first-order valence-corrected chi connectivity index (χ1v) is 9.33. The van der Waals surface area contributed by atoms with E-state index in [0.29, 0.717) is 13.0 Å². The molecule has 0 bridgehead atoms. The van der Waals surface area contributed by atoms with Crippen LogP contribution in [0, 0.1) is 5.92 Å². The molecule has 2 aliphatic heterocycles. The second-order valence-electron chi connectivity index (χ2n) is 7.21. The number of nitrogens with zero attached hydrogens (tertiary/aromatic N) is 3. The summed E-state index contributed by atoms with van der Waals surface area (Å²) in [5, 5.41) is 2.32. The zero-order valence-corrected chi connectivity index (χ0v) is 14.8. The summed E-state index contributed by atoms with van der Waals surface area (Å²) in [5.74, 6) is 0.677. The Labute approximate surface area is 153 Å². The number of aromatic nitrogens is 1. The summed E-state index contributed by atoms with van der Waals surface area (Å²) in [6.45, 7) is 2.25. The summed E-state index contributed by atoms with van der Waals surface area (Å²) >= 11 is 0. The van der Waals surface area contributed by atoms with Gasteiger partial charge in [-0.25, -0.2) is 4.98 Å². The van der Waals surface area contributed by atoms with Crippen LogP contribution in [0.5, 0.6) is 0 Å². The maximum atomic E-state index is 12.9. The van der Waals surface area contributed by atoms with E-state index in [-0.39, 0.29) is 17.7 Å². The number of hydrogen-bond donors (Lipinski definition) is 1. The van der Waals surface area contributed by atoms with Crippen LogP contribution < -0.4 is 10.6 Å². The molecule has 0 unspecified atom stereocenters. The summed E-state index contributed by atoms with van der Waals surface area (Å²) < 4.78 is 0. The molecule has 1 aromatic heterocycles. The van der Waals surface area contributed by atoms with Gasteiger partial charge in [0.15, 0.2) is 0 Å². The van der Waals surface area contributed by atoms with Gasteiger partial charge in [0.05, 0.1) is 0 Å². The highest BCUT2D eigenvalue weighted by Gasteiger charge is 2.37. The minimum atomic E-state index is -0.416. The lowest BCUT2D eigenvalue weighted by molar-refractivity contribution is -0.141. The number of fused-ring (bicyclic) bond motifs is 1. The van der Waals surface area contributed by atoms with Crippen molar-refractivity contribution in [2.24, 2.45) is 11.7 Å². The number of primary amides is 1. The third kappa shape index (κ3) is 3.00. The van der Waals surface area contributed by atoms with E-state index >= 15 is 0 Å². The molecule has 0 saturated carbocycles. The van der Waals surface area contributed by atoms with Crippen molar-refractivity contribution in [1.82, 2.24) is 9.88 Å². The van der Waals surface area contributed by atoms with Gasteiger partial charge in [-0.1, -0.05) is 24.3 Å². The highest BCUT2D eigenvalue weighted by molar-refractivity contribution is 5.92. The van der Waals surface area contributed by atoms with E-state index in [9.17, 15) is 9.59 Å². The predicted molar refractivity (Wildman–Crippen MR) is 101 cm³/mol. The van der Waals surface area contributed by atoms with Gasteiger partial charge in [-0.15, -0.1) is 0 Å². The van der Waals surface area contributed by atoms with Crippen molar-refractivity contribution in [2.45, 2.75) is 31.7 Å². The smallest absolute Gasteiger partial charge is 0.240 e. The average molecular weight is 352 g/mol. The van der Waals surface area contributed by atoms with Gasteiger partial charge < -0.3 is 15.5 Å². The number of pyridine rings is 1. The van der Waals surface area contributed by atoms with Gasteiger partial charge in [0.1, 0.15) is 11.9 Å². The Hall–Kier alpha value is -2.63. The molecular formula is C20H24N4O2. The molecule has 136 valence electrons. The summed E-state index contributed by atoms with van der Waals surface area (Å²) in [4.78, 5) is 33.0. The highest BCUT2D eigenvalue weighted by atomic mass is 16.2. The molecular weight excluding hydrogens is 328 g/mol. The van der Waals surface area contributed by atoms with Crippen molar-refractivity contribution in [1.29, 1.82) is 0 Å². The minimum absolute atomic E-state index is 0.0267. The molecule has 2 N–H and O–H groups in total. The number of benzene rings is 1. The van der Waals surface area contributed by atoms with Crippen molar-refractivity contribution in [3.05, 3.63) is 36.5 Å². The average Bonchev–Trinajstić information content (AvgIpc) is 3.17. The van der Waals surface area contributed by atoms with Gasteiger partial charge in [0.2, 0.25) is 11.8 Å².